The maximum atomic E-state index is 12.7. The molecule has 25 heavy (non-hydrogen) atoms. The van der Waals surface area contributed by atoms with Crippen LogP contribution in [0.3, 0.4) is 0 Å². The lowest BCUT2D eigenvalue weighted by Gasteiger charge is -2.39. The van der Waals surface area contributed by atoms with Crippen LogP contribution in [0.4, 0.5) is 0 Å². The third-order valence-electron chi connectivity index (χ3n) is 6.54. The van der Waals surface area contributed by atoms with E-state index in [-0.39, 0.29) is 0 Å². The van der Waals surface area contributed by atoms with Crippen molar-refractivity contribution in [2.75, 3.05) is 0 Å². The molecule has 0 spiro atoms. The Morgan fingerprint density at radius 3 is 2.52 bits per heavy atom. The van der Waals surface area contributed by atoms with Crippen molar-refractivity contribution in [3.8, 4) is 0 Å². The lowest BCUT2D eigenvalue weighted by Crippen LogP contribution is -2.47. The van der Waals surface area contributed by atoms with Crippen molar-refractivity contribution in [2.24, 2.45) is 11.8 Å². The first-order valence-corrected chi connectivity index (χ1v) is 9.90. The summed E-state index contributed by atoms with van der Waals surface area (Å²) < 4.78 is 0. The van der Waals surface area contributed by atoms with Crippen LogP contribution in [0, 0.1) is 11.8 Å². The number of hydrogen-bond acceptors (Lipinski definition) is 2. The van der Waals surface area contributed by atoms with E-state index in [4.69, 9.17) is 0 Å². The van der Waals surface area contributed by atoms with E-state index >= 15 is 0 Å². The number of rotatable bonds is 4. The van der Waals surface area contributed by atoms with E-state index in [9.17, 15) is 4.79 Å². The second kappa shape index (κ2) is 6.12. The molecule has 3 fully saturated rings. The quantitative estimate of drug-likeness (QED) is 0.833. The molecule has 1 aromatic carbocycles. The van der Waals surface area contributed by atoms with Crippen LogP contribution < -0.4 is 0 Å². The van der Waals surface area contributed by atoms with Gasteiger partial charge in [0, 0.05) is 36.3 Å². The van der Waals surface area contributed by atoms with E-state index in [2.05, 4.69) is 40.3 Å². The zero-order valence-electron chi connectivity index (χ0n) is 14.7. The predicted octanol–water partition coefficient (Wildman–Crippen LogP) is 4.35. The van der Waals surface area contributed by atoms with Gasteiger partial charge < -0.3 is 4.90 Å². The van der Waals surface area contributed by atoms with Gasteiger partial charge in [-0.15, -0.1) is 0 Å². The lowest BCUT2D eigenvalue weighted by atomic mass is 9.85. The molecule has 5 rings (SSSR count). The van der Waals surface area contributed by atoms with Crippen molar-refractivity contribution in [3.05, 3.63) is 42.2 Å². The topological polar surface area (TPSA) is 33.2 Å². The Morgan fingerprint density at radius 1 is 1.00 bits per heavy atom. The second-order valence-electron chi connectivity index (χ2n) is 8.39. The molecular formula is C22H26N2O. The molecule has 3 heterocycles. The summed E-state index contributed by atoms with van der Waals surface area (Å²) >= 11 is 0. The van der Waals surface area contributed by atoms with Gasteiger partial charge in [-0.2, -0.15) is 0 Å². The number of nitrogens with zero attached hydrogens (tertiary/aromatic N) is 2. The summed E-state index contributed by atoms with van der Waals surface area (Å²) in [4.78, 5) is 19.4. The fraction of sp³-hybridized carbons (Fsp3) is 0.545. The highest BCUT2D eigenvalue weighted by molar-refractivity contribution is 5.84. The number of carbonyl (C=O) groups is 1. The number of aromatic nitrogens is 1. The monoisotopic (exact) mass is 334 g/mol. The number of fused-ring (bicyclic) bond motifs is 3. The Labute approximate surface area is 149 Å². The molecule has 0 radical (unpaired) electrons. The minimum Gasteiger partial charge on any atom is -0.337 e. The fourth-order valence-corrected chi connectivity index (χ4v) is 5.19. The summed E-state index contributed by atoms with van der Waals surface area (Å²) in [6.45, 7) is 0. The molecule has 2 aliphatic heterocycles. The molecule has 2 unspecified atom stereocenters. The number of piperidine rings is 1. The van der Waals surface area contributed by atoms with Crippen LogP contribution in [-0.2, 0) is 11.2 Å². The molecule has 2 aromatic rings. The molecule has 1 saturated carbocycles. The van der Waals surface area contributed by atoms with E-state index in [1.54, 1.807) is 0 Å². The molecule has 3 heteroatoms. The van der Waals surface area contributed by atoms with E-state index in [1.165, 1.54) is 54.9 Å². The van der Waals surface area contributed by atoms with E-state index in [0.717, 1.165) is 12.8 Å². The van der Waals surface area contributed by atoms with Crippen LogP contribution in [0.1, 0.15) is 50.5 Å². The van der Waals surface area contributed by atoms with Gasteiger partial charge in [0.1, 0.15) is 0 Å². The largest absolute Gasteiger partial charge is 0.337 e. The highest BCUT2D eigenvalue weighted by Gasteiger charge is 2.43. The molecule has 2 saturated heterocycles. The van der Waals surface area contributed by atoms with Crippen LogP contribution in [0.25, 0.3) is 10.8 Å². The van der Waals surface area contributed by atoms with Crippen LogP contribution >= 0.6 is 0 Å². The third kappa shape index (κ3) is 2.94. The highest BCUT2D eigenvalue weighted by atomic mass is 16.2. The second-order valence-corrected chi connectivity index (χ2v) is 8.39. The van der Waals surface area contributed by atoms with Crippen LogP contribution in [0.5, 0.6) is 0 Å². The molecule has 130 valence electrons. The molecule has 3 aliphatic rings. The number of amides is 1. The number of pyridine rings is 1. The highest BCUT2D eigenvalue weighted by Crippen LogP contribution is 2.42. The normalized spacial score (nSPS) is 28.5. The molecule has 1 amide bonds. The number of benzene rings is 1. The molecule has 0 N–H and O–H groups in total. The van der Waals surface area contributed by atoms with Crippen molar-refractivity contribution in [1.82, 2.24) is 9.88 Å². The molecule has 1 aliphatic carbocycles. The summed E-state index contributed by atoms with van der Waals surface area (Å²) in [5, 5.41) is 2.58. The smallest absolute Gasteiger partial charge is 0.223 e. The number of carbonyl (C=O) groups excluding carboxylic acids is 1. The SMILES string of the molecule is O=C(CC1CC1)N1C2CCC1CC(Cc1cncc3ccccc13)C2. The van der Waals surface area contributed by atoms with Crippen molar-refractivity contribution in [1.29, 1.82) is 0 Å². The van der Waals surface area contributed by atoms with Gasteiger partial charge in [-0.25, -0.2) is 0 Å². The maximum Gasteiger partial charge on any atom is 0.223 e. The van der Waals surface area contributed by atoms with Gasteiger partial charge in [-0.1, -0.05) is 24.3 Å². The first-order chi connectivity index (χ1) is 12.3. The van der Waals surface area contributed by atoms with Gasteiger partial charge in [0.05, 0.1) is 0 Å². The predicted molar refractivity (Wildman–Crippen MR) is 99.2 cm³/mol. The van der Waals surface area contributed by atoms with Gasteiger partial charge in [-0.05, 0) is 67.7 Å². The Bertz CT molecular complexity index is 778. The Hall–Kier alpha value is -1.90. The van der Waals surface area contributed by atoms with Crippen LogP contribution in [0.2, 0.25) is 0 Å². The summed E-state index contributed by atoms with van der Waals surface area (Å²) in [7, 11) is 0. The average Bonchev–Trinajstić information content (AvgIpc) is 3.39. The first kappa shape index (κ1) is 15.4. The van der Waals surface area contributed by atoms with Crippen molar-refractivity contribution >= 4 is 16.7 Å². The van der Waals surface area contributed by atoms with Gasteiger partial charge in [0.25, 0.3) is 0 Å². The Morgan fingerprint density at radius 2 is 1.76 bits per heavy atom. The van der Waals surface area contributed by atoms with Crippen LogP contribution in [0.15, 0.2) is 36.7 Å². The summed E-state index contributed by atoms with van der Waals surface area (Å²) in [5.41, 5.74) is 1.38. The van der Waals surface area contributed by atoms with Gasteiger partial charge in [0.15, 0.2) is 0 Å². The minimum atomic E-state index is 0.445. The molecule has 3 nitrogen and oxygen atoms in total. The van der Waals surface area contributed by atoms with Crippen molar-refractivity contribution in [3.63, 3.8) is 0 Å². The maximum absolute atomic E-state index is 12.7. The zero-order chi connectivity index (χ0) is 16.8. The molecular weight excluding hydrogens is 308 g/mol. The van der Waals surface area contributed by atoms with Gasteiger partial charge in [-0.3, -0.25) is 9.78 Å². The molecule has 2 bridgehead atoms. The van der Waals surface area contributed by atoms with E-state index < -0.39 is 0 Å². The molecule has 2 atom stereocenters. The van der Waals surface area contributed by atoms with Gasteiger partial charge >= 0.3 is 0 Å². The fourth-order valence-electron chi connectivity index (χ4n) is 5.19. The lowest BCUT2D eigenvalue weighted by molar-refractivity contribution is -0.136. The van der Waals surface area contributed by atoms with E-state index in [0.29, 0.717) is 29.8 Å². The van der Waals surface area contributed by atoms with Crippen molar-refractivity contribution in [2.45, 2.75) is 63.5 Å². The van der Waals surface area contributed by atoms with E-state index in [1.807, 2.05) is 6.20 Å². The Kier molecular flexibility index (Phi) is 3.76. The van der Waals surface area contributed by atoms with Crippen LogP contribution in [-0.4, -0.2) is 27.9 Å². The minimum absolute atomic E-state index is 0.445. The average molecular weight is 334 g/mol. The Balaban J connectivity index is 1.31. The summed E-state index contributed by atoms with van der Waals surface area (Å²) in [6.07, 6.45) is 13.2. The summed E-state index contributed by atoms with van der Waals surface area (Å²) in [6, 6.07) is 9.56. The zero-order valence-corrected chi connectivity index (χ0v) is 14.7. The third-order valence-corrected chi connectivity index (χ3v) is 6.54. The first-order valence-electron chi connectivity index (χ1n) is 9.90. The standard InChI is InChI=1S/C22H26N2O/c25-22(12-15-5-6-15)24-19-7-8-20(24)11-16(10-19)9-18-14-23-13-17-3-1-2-4-21(17)18/h1-4,13-16,19-20H,5-12H2. The van der Waals surface area contributed by atoms with Gasteiger partial charge in [0.2, 0.25) is 5.91 Å². The number of hydrogen-bond donors (Lipinski definition) is 0. The summed E-state index contributed by atoms with van der Waals surface area (Å²) in [5.74, 6) is 1.83. The van der Waals surface area contributed by atoms with Crippen molar-refractivity contribution < 1.29 is 4.79 Å². The molecule has 1 aromatic heterocycles.